The summed E-state index contributed by atoms with van der Waals surface area (Å²) in [4.78, 5) is 47.1. The zero-order chi connectivity index (χ0) is 26.6. The van der Waals surface area contributed by atoms with Crippen molar-refractivity contribution in [3.05, 3.63) is 67.8 Å². The lowest BCUT2D eigenvalue weighted by Crippen LogP contribution is -2.34. The monoisotopic (exact) mass is 510 g/mol. The number of rotatable bonds is 7. The zero-order valence-corrected chi connectivity index (χ0v) is 18.9. The number of anilines is 2. The summed E-state index contributed by atoms with van der Waals surface area (Å²) < 4.78 is 44.6. The fourth-order valence-electron chi connectivity index (χ4n) is 3.86. The summed E-state index contributed by atoms with van der Waals surface area (Å²) in [5.74, 6) is -1.89. The molecule has 0 aromatic heterocycles. The Labute approximate surface area is 202 Å². The Morgan fingerprint density at radius 2 is 1.86 bits per heavy atom. The van der Waals surface area contributed by atoms with E-state index in [1.54, 1.807) is 0 Å². The minimum absolute atomic E-state index is 0.213. The topological polar surface area (TPSA) is 145 Å². The van der Waals surface area contributed by atoms with E-state index in [1.807, 2.05) is 17.1 Å². The number of esters is 1. The lowest BCUT2D eigenvalue weighted by Gasteiger charge is -2.32. The number of nitro benzene ring substituents is 2. The molecule has 1 aliphatic heterocycles. The molecule has 0 aliphatic carbocycles. The van der Waals surface area contributed by atoms with E-state index in [1.165, 1.54) is 12.1 Å². The van der Waals surface area contributed by atoms with Crippen molar-refractivity contribution in [2.24, 2.45) is 5.92 Å². The highest BCUT2D eigenvalue weighted by molar-refractivity contribution is 5.96. The van der Waals surface area contributed by atoms with Crippen LogP contribution in [0.2, 0.25) is 0 Å². The van der Waals surface area contributed by atoms with E-state index in [4.69, 9.17) is 4.74 Å². The number of ether oxygens (including phenoxy) is 1. The molecule has 36 heavy (non-hydrogen) atoms. The molecule has 0 bridgehead atoms. The van der Waals surface area contributed by atoms with Gasteiger partial charge in [0.05, 0.1) is 26.7 Å². The van der Waals surface area contributed by atoms with Crippen LogP contribution in [0, 0.1) is 26.1 Å². The molecule has 192 valence electrons. The highest BCUT2D eigenvalue weighted by Crippen LogP contribution is 2.37. The summed E-state index contributed by atoms with van der Waals surface area (Å²) in [6.07, 6.45) is -3.14. The number of carbonyl (C=O) groups is 2. The van der Waals surface area contributed by atoms with Gasteiger partial charge in [-0.1, -0.05) is 6.92 Å². The second-order valence-electron chi connectivity index (χ2n) is 8.26. The van der Waals surface area contributed by atoms with E-state index in [2.05, 4.69) is 0 Å². The first-order chi connectivity index (χ1) is 16.9. The molecule has 2 aromatic rings. The fraction of sp³-hybridized carbons (Fsp3) is 0.364. The van der Waals surface area contributed by atoms with Gasteiger partial charge in [0.2, 0.25) is 0 Å². The Morgan fingerprint density at radius 1 is 1.14 bits per heavy atom. The van der Waals surface area contributed by atoms with Crippen molar-refractivity contribution in [1.29, 1.82) is 0 Å². The third-order valence-corrected chi connectivity index (χ3v) is 5.53. The van der Waals surface area contributed by atoms with Crippen LogP contribution in [0.25, 0.3) is 0 Å². The lowest BCUT2D eigenvalue weighted by atomic mass is 9.99. The Balaban J connectivity index is 1.70. The van der Waals surface area contributed by atoms with Gasteiger partial charge in [0.25, 0.3) is 17.3 Å². The molecule has 0 spiro atoms. The molecule has 11 nitrogen and oxygen atoms in total. The number of hydrogen-bond donors (Lipinski definition) is 1. The second-order valence-corrected chi connectivity index (χ2v) is 8.26. The third kappa shape index (κ3) is 6.25. The number of hydrogen-bond acceptors (Lipinski definition) is 8. The molecular formula is C22H21F3N4O7. The number of benzene rings is 2. The molecule has 1 amide bonds. The molecule has 14 heteroatoms. The standard InChI is InChI=1S/C22H21F3N4O7/c1-13-3-2-8-27(11-13)18-7-4-14(9-19(18)29(34)35)21(31)36-12-20(30)26-17-6-5-15(28(32)33)10-16(17)22(23,24)25/h4-7,9-10,13H,2-3,8,11-12H2,1H3,(H,26,30). The van der Waals surface area contributed by atoms with Crippen molar-refractivity contribution >= 4 is 34.6 Å². The number of piperidine rings is 1. The summed E-state index contributed by atoms with van der Waals surface area (Å²) >= 11 is 0. The van der Waals surface area contributed by atoms with Crippen LogP contribution in [0.15, 0.2) is 36.4 Å². The molecule has 0 saturated carbocycles. The lowest BCUT2D eigenvalue weighted by molar-refractivity contribution is -0.385. The quantitative estimate of drug-likeness (QED) is 0.324. The van der Waals surface area contributed by atoms with Gasteiger partial charge < -0.3 is 15.0 Å². The number of nitro groups is 2. The van der Waals surface area contributed by atoms with E-state index in [0.29, 0.717) is 30.8 Å². The van der Waals surface area contributed by atoms with Crippen molar-refractivity contribution in [3.63, 3.8) is 0 Å². The van der Waals surface area contributed by atoms with E-state index >= 15 is 0 Å². The third-order valence-electron chi connectivity index (χ3n) is 5.53. The van der Waals surface area contributed by atoms with E-state index in [0.717, 1.165) is 25.0 Å². The maximum absolute atomic E-state index is 13.3. The van der Waals surface area contributed by atoms with Crippen molar-refractivity contribution in [2.75, 3.05) is 29.9 Å². The molecule has 1 saturated heterocycles. The average molecular weight is 510 g/mol. The highest BCUT2D eigenvalue weighted by Gasteiger charge is 2.36. The van der Waals surface area contributed by atoms with Crippen molar-refractivity contribution in [2.45, 2.75) is 25.9 Å². The SMILES string of the molecule is CC1CCCN(c2ccc(C(=O)OCC(=O)Nc3ccc([N+](=O)[O-])cc3C(F)(F)F)cc2[N+](=O)[O-])C1. The summed E-state index contributed by atoms with van der Waals surface area (Å²) in [7, 11) is 0. The Bertz CT molecular complexity index is 1200. The van der Waals surface area contributed by atoms with Crippen molar-refractivity contribution < 1.29 is 37.3 Å². The van der Waals surface area contributed by atoms with Gasteiger partial charge in [-0.2, -0.15) is 13.2 Å². The molecule has 1 unspecified atom stereocenters. The molecule has 1 N–H and O–H groups in total. The molecule has 1 fully saturated rings. The van der Waals surface area contributed by atoms with Crippen LogP contribution in [0.4, 0.5) is 35.9 Å². The fourth-order valence-corrected chi connectivity index (χ4v) is 3.86. The predicted molar refractivity (Wildman–Crippen MR) is 121 cm³/mol. The maximum Gasteiger partial charge on any atom is 0.418 e. The first-order valence-electron chi connectivity index (χ1n) is 10.7. The van der Waals surface area contributed by atoms with Gasteiger partial charge in [-0.3, -0.25) is 25.0 Å². The molecule has 1 aliphatic rings. The number of halogens is 3. The van der Waals surface area contributed by atoms with Gasteiger partial charge in [-0.15, -0.1) is 0 Å². The van der Waals surface area contributed by atoms with E-state index < -0.39 is 51.4 Å². The smallest absolute Gasteiger partial charge is 0.418 e. The number of nitrogens with one attached hydrogen (secondary N) is 1. The average Bonchev–Trinajstić information content (AvgIpc) is 2.81. The van der Waals surface area contributed by atoms with Crippen LogP contribution >= 0.6 is 0 Å². The maximum atomic E-state index is 13.3. The molecule has 2 aromatic carbocycles. The van der Waals surface area contributed by atoms with Crippen LogP contribution in [0.3, 0.4) is 0 Å². The first kappa shape index (κ1) is 26.4. The summed E-state index contributed by atoms with van der Waals surface area (Å²) in [5, 5.41) is 24.3. The van der Waals surface area contributed by atoms with Gasteiger partial charge in [-0.25, -0.2) is 4.79 Å². The molecule has 1 atom stereocenters. The molecular weight excluding hydrogens is 489 g/mol. The molecule has 0 radical (unpaired) electrons. The second kappa shape index (κ2) is 10.6. The Kier molecular flexibility index (Phi) is 7.75. The largest absolute Gasteiger partial charge is 0.452 e. The van der Waals surface area contributed by atoms with Crippen LogP contribution in [-0.4, -0.2) is 41.4 Å². The van der Waals surface area contributed by atoms with Crippen LogP contribution in [0.1, 0.15) is 35.7 Å². The van der Waals surface area contributed by atoms with Gasteiger partial charge >= 0.3 is 12.1 Å². The van der Waals surface area contributed by atoms with E-state index in [-0.39, 0.29) is 17.3 Å². The number of alkyl halides is 3. The first-order valence-corrected chi connectivity index (χ1v) is 10.7. The normalized spacial score (nSPS) is 15.8. The summed E-state index contributed by atoms with van der Waals surface area (Å²) in [5.41, 5.74) is -3.22. The molecule has 1 heterocycles. The zero-order valence-electron chi connectivity index (χ0n) is 18.9. The van der Waals surface area contributed by atoms with Gasteiger partial charge in [0.15, 0.2) is 6.61 Å². The van der Waals surface area contributed by atoms with Crippen LogP contribution in [0.5, 0.6) is 0 Å². The van der Waals surface area contributed by atoms with Crippen LogP contribution < -0.4 is 10.2 Å². The van der Waals surface area contributed by atoms with Gasteiger partial charge in [0.1, 0.15) is 5.69 Å². The predicted octanol–water partition coefficient (Wildman–Crippen LogP) is 4.55. The van der Waals surface area contributed by atoms with E-state index in [9.17, 15) is 43.0 Å². The number of nitrogens with zero attached hydrogens (tertiary/aromatic N) is 3. The number of carbonyl (C=O) groups excluding carboxylic acids is 2. The minimum Gasteiger partial charge on any atom is -0.452 e. The summed E-state index contributed by atoms with van der Waals surface area (Å²) in [6.45, 7) is 2.28. The highest BCUT2D eigenvalue weighted by atomic mass is 19.4. The van der Waals surface area contributed by atoms with Crippen LogP contribution in [-0.2, 0) is 15.7 Å². The number of amides is 1. The van der Waals surface area contributed by atoms with Gasteiger partial charge in [0, 0.05) is 31.3 Å². The summed E-state index contributed by atoms with van der Waals surface area (Å²) in [6, 6.07) is 5.50. The minimum atomic E-state index is -5.00. The Hall–Kier alpha value is -4.23. The number of non-ortho nitro benzene ring substituents is 1. The molecule has 3 rings (SSSR count). The Morgan fingerprint density at radius 3 is 2.47 bits per heavy atom. The van der Waals surface area contributed by atoms with Gasteiger partial charge in [-0.05, 0) is 37.0 Å². The van der Waals surface area contributed by atoms with Crippen molar-refractivity contribution in [3.8, 4) is 0 Å². The van der Waals surface area contributed by atoms with Crippen molar-refractivity contribution in [1.82, 2.24) is 0 Å².